The summed E-state index contributed by atoms with van der Waals surface area (Å²) in [6, 6.07) is 1.99. The van der Waals surface area contributed by atoms with Crippen LogP contribution in [0.2, 0.25) is 0 Å². The molecule has 0 fully saturated rings. The normalized spacial score (nSPS) is 10.5. The summed E-state index contributed by atoms with van der Waals surface area (Å²) in [7, 11) is 1.57. The number of hydrogen-bond donors (Lipinski definition) is 1. The Labute approximate surface area is 85.4 Å². The van der Waals surface area contributed by atoms with Gasteiger partial charge in [0.05, 0.1) is 12.3 Å². The average Bonchev–Trinajstić information content (AvgIpc) is 2.13. The van der Waals surface area contributed by atoms with Gasteiger partial charge in [0.25, 0.3) is 0 Å². The number of hydrogen-bond acceptors (Lipinski definition) is 3. The number of thioether (sulfide) groups is 1. The number of ether oxygens (including phenoxy) is 1. The van der Waals surface area contributed by atoms with Gasteiger partial charge in [-0.15, -0.1) is 11.8 Å². The molecule has 0 unspecified atom stereocenters. The average molecular weight is 219 g/mol. The quantitative estimate of drug-likeness (QED) is 0.479. The molecule has 0 saturated carbocycles. The van der Waals surface area contributed by atoms with E-state index in [1.165, 1.54) is 17.8 Å². The Balaban J connectivity index is 2.75. The molecule has 0 aliphatic rings. The molecule has 1 rings (SSSR count). The second-order valence-corrected chi connectivity index (χ2v) is 3.78. The van der Waals surface area contributed by atoms with Gasteiger partial charge in [-0.3, -0.25) is 0 Å². The van der Waals surface area contributed by atoms with Gasteiger partial charge in [-0.1, -0.05) is 0 Å². The maximum atomic E-state index is 12.9. The monoisotopic (exact) mass is 219 g/mol. The first-order valence-electron chi connectivity index (χ1n) is 4.01. The highest BCUT2D eigenvalue weighted by atomic mass is 32.2. The zero-order valence-corrected chi connectivity index (χ0v) is 8.54. The van der Waals surface area contributed by atoms with Gasteiger partial charge in [0.15, 0.2) is 0 Å². The molecule has 0 radical (unpaired) electrons. The largest absolute Gasteiger partial charge is 0.395 e. The molecule has 0 spiro atoms. The van der Waals surface area contributed by atoms with Crippen molar-refractivity contribution in [1.29, 1.82) is 0 Å². The van der Waals surface area contributed by atoms with Gasteiger partial charge in [0.1, 0.15) is 11.6 Å². The lowest BCUT2D eigenvalue weighted by atomic mass is 10.3. The lowest BCUT2D eigenvalue weighted by Gasteiger charge is -2.05. The van der Waals surface area contributed by atoms with Crippen LogP contribution >= 0.6 is 11.8 Å². The second-order valence-electron chi connectivity index (χ2n) is 2.64. The molecule has 1 aromatic carbocycles. The van der Waals surface area contributed by atoms with E-state index < -0.39 is 11.6 Å². The van der Waals surface area contributed by atoms with Crippen LogP contribution < -0.4 is 5.73 Å². The molecule has 2 nitrogen and oxygen atoms in total. The van der Waals surface area contributed by atoms with Crippen LogP contribution in [0.25, 0.3) is 0 Å². The van der Waals surface area contributed by atoms with Gasteiger partial charge < -0.3 is 10.5 Å². The molecular weight excluding hydrogens is 208 g/mol. The lowest BCUT2D eigenvalue weighted by molar-refractivity contribution is 0.218. The van der Waals surface area contributed by atoms with Crippen LogP contribution in [0.5, 0.6) is 0 Å². The van der Waals surface area contributed by atoms with Crippen molar-refractivity contribution in [3.63, 3.8) is 0 Å². The van der Waals surface area contributed by atoms with E-state index in [0.717, 1.165) is 6.07 Å². The van der Waals surface area contributed by atoms with Gasteiger partial charge in [0, 0.05) is 23.8 Å². The molecule has 0 heterocycles. The zero-order valence-electron chi connectivity index (χ0n) is 7.72. The summed E-state index contributed by atoms with van der Waals surface area (Å²) in [5.41, 5.74) is 5.42. The highest BCUT2D eigenvalue weighted by Crippen LogP contribution is 2.28. The molecule has 0 aliphatic carbocycles. The fourth-order valence-corrected chi connectivity index (χ4v) is 1.83. The van der Waals surface area contributed by atoms with Crippen LogP contribution in [0, 0.1) is 11.6 Å². The Bertz CT molecular complexity index is 320. The summed E-state index contributed by atoms with van der Waals surface area (Å²) in [4.78, 5) is 0.416. The smallest absolute Gasteiger partial charge is 0.150 e. The predicted octanol–water partition coefficient (Wildman–Crippen LogP) is 2.29. The first-order chi connectivity index (χ1) is 6.65. The van der Waals surface area contributed by atoms with Crippen molar-refractivity contribution in [2.24, 2.45) is 0 Å². The van der Waals surface area contributed by atoms with Crippen LogP contribution in [0.15, 0.2) is 17.0 Å². The first-order valence-corrected chi connectivity index (χ1v) is 5.00. The molecule has 0 atom stereocenters. The van der Waals surface area contributed by atoms with Gasteiger partial charge >= 0.3 is 0 Å². The Morgan fingerprint density at radius 1 is 1.43 bits per heavy atom. The zero-order chi connectivity index (χ0) is 10.6. The predicted molar refractivity (Wildman–Crippen MR) is 53.4 cm³/mol. The summed E-state index contributed by atoms with van der Waals surface area (Å²) in [5.74, 6) is -0.717. The summed E-state index contributed by atoms with van der Waals surface area (Å²) < 4.78 is 30.5. The van der Waals surface area contributed by atoms with Crippen molar-refractivity contribution < 1.29 is 13.5 Å². The van der Waals surface area contributed by atoms with Crippen molar-refractivity contribution in [2.75, 3.05) is 25.2 Å². The van der Waals surface area contributed by atoms with E-state index in [0.29, 0.717) is 17.3 Å². The van der Waals surface area contributed by atoms with Gasteiger partial charge in [-0.25, -0.2) is 8.78 Å². The van der Waals surface area contributed by atoms with E-state index in [-0.39, 0.29) is 5.69 Å². The minimum absolute atomic E-state index is 0.00694. The Kier molecular flexibility index (Phi) is 4.16. The van der Waals surface area contributed by atoms with Crippen LogP contribution in [-0.4, -0.2) is 19.5 Å². The Hall–Kier alpha value is -0.810. The Morgan fingerprint density at radius 2 is 2.14 bits per heavy atom. The van der Waals surface area contributed by atoms with Crippen LogP contribution in [0.1, 0.15) is 0 Å². The second kappa shape index (κ2) is 5.17. The SMILES string of the molecule is COCCSc1cc(F)cc(F)c1N. The molecule has 0 amide bonds. The molecule has 0 aliphatic heterocycles. The number of benzene rings is 1. The van der Waals surface area contributed by atoms with E-state index in [1.807, 2.05) is 0 Å². The van der Waals surface area contributed by atoms with E-state index >= 15 is 0 Å². The third-order valence-corrected chi connectivity index (χ3v) is 2.62. The molecular formula is C9H11F2NOS. The minimum Gasteiger partial charge on any atom is -0.395 e. The summed E-state index contributed by atoms with van der Waals surface area (Å²) in [5, 5.41) is 0. The fraction of sp³-hybridized carbons (Fsp3) is 0.333. The van der Waals surface area contributed by atoms with Crippen molar-refractivity contribution in [2.45, 2.75) is 4.90 Å². The van der Waals surface area contributed by atoms with Crippen molar-refractivity contribution >= 4 is 17.4 Å². The van der Waals surface area contributed by atoms with Gasteiger partial charge in [-0.2, -0.15) is 0 Å². The molecule has 78 valence electrons. The molecule has 0 bridgehead atoms. The minimum atomic E-state index is -0.718. The third kappa shape index (κ3) is 2.85. The first kappa shape index (κ1) is 11.3. The molecule has 14 heavy (non-hydrogen) atoms. The molecule has 2 N–H and O–H groups in total. The molecule has 1 aromatic rings. The molecule has 5 heteroatoms. The van der Waals surface area contributed by atoms with Crippen molar-refractivity contribution in [1.82, 2.24) is 0 Å². The summed E-state index contributed by atoms with van der Waals surface area (Å²) >= 11 is 1.27. The number of halogens is 2. The van der Waals surface area contributed by atoms with E-state index in [9.17, 15) is 8.78 Å². The van der Waals surface area contributed by atoms with Gasteiger partial charge in [0.2, 0.25) is 0 Å². The maximum absolute atomic E-state index is 12.9. The molecule has 0 saturated heterocycles. The van der Waals surface area contributed by atoms with E-state index in [4.69, 9.17) is 10.5 Å². The Morgan fingerprint density at radius 3 is 2.79 bits per heavy atom. The van der Waals surface area contributed by atoms with E-state index in [2.05, 4.69) is 0 Å². The van der Waals surface area contributed by atoms with E-state index in [1.54, 1.807) is 7.11 Å². The fourth-order valence-electron chi connectivity index (χ4n) is 0.916. The highest BCUT2D eigenvalue weighted by Gasteiger charge is 2.08. The third-order valence-electron chi connectivity index (χ3n) is 1.60. The van der Waals surface area contributed by atoms with Crippen LogP contribution in [-0.2, 0) is 4.74 Å². The molecule has 0 aromatic heterocycles. The standard InChI is InChI=1S/C9H11F2NOS/c1-13-2-3-14-8-5-6(10)4-7(11)9(8)12/h4-5H,2-3,12H2,1H3. The number of nitrogen functional groups attached to an aromatic ring is 1. The summed E-state index contributed by atoms with van der Waals surface area (Å²) in [6.45, 7) is 0.516. The number of methoxy groups -OCH3 is 1. The number of rotatable bonds is 4. The van der Waals surface area contributed by atoms with Crippen LogP contribution in [0.3, 0.4) is 0 Å². The summed E-state index contributed by atoms with van der Waals surface area (Å²) in [6.07, 6.45) is 0. The lowest BCUT2D eigenvalue weighted by Crippen LogP contribution is -1.97. The number of nitrogens with two attached hydrogens (primary N) is 1. The van der Waals surface area contributed by atoms with Crippen molar-refractivity contribution in [3.8, 4) is 0 Å². The highest BCUT2D eigenvalue weighted by molar-refractivity contribution is 7.99. The van der Waals surface area contributed by atoms with Crippen LogP contribution in [0.4, 0.5) is 14.5 Å². The topological polar surface area (TPSA) is 35.2 Å². The maximum Gasteiger partial charge on any atom is 0.150 e. The van der Waals surface area contributed by atoms with Crippen molar-refractivity contribution in [3.05, 3.63) is 23.8 Å². The number of anilines is 1. The van der Waals surface area contributed by atoms with Gasteiger partial charge in [-0.05, 0) is 6.07 Å².